The Labute approximate surface area is 141 Å². The van der Waals surface area contributed by atoms with Crippen LogP contribution >= 0.6 is 0 Å². The summed E-state index contributed by atoms with van der Waals surface area (Å²) in [7, 11) is 1.82. The van der Waals surface area contributed by atoms with Crippen LogP contribution in [0.2, 0.25) is 0 Å². The number of aliphatic imine (C=N–C) groups is 1. The van der Waals surface area contributed by atoms with Gasteiger partial charge in [0.25, 0.3) is 0 Å². The van der Waals surface area contributed by atoms with E-state index in [0.29, 0.717) is 0 Å². The van der Waals surface area contributed by atoms with Gasteiger partial charge >= 0.3 is 0 Å². The number of hydrogen-bond acceptors (Lipinski definition) is 3. The predicted molar refractivity (Wildman–Crippen MR) is 94.7 cm³/mol. The van der Waals surface area contributed by atoms with E-state index >= 15 is 0 Å². The average molecular weight is 325 g/mol. The van der Waals surface area contributed by atoms with Crippen molar-refractivity contribution in [2.45, 2.75) is 57.8 Å². The lowest BCUT2D eigenvalue weighted by Gasteiger charge is -2.27. The molecule has 1 saturated heterocycles. The van der Waals surface area contributed by atoms with E-state index in [1.807, 2.05) is 7.05 Å². The molecular formula is C18H35N3O2. The minimum Gasteiger partial charge on any atom is -0.396 e. The largest absolute Gasteiger partial charge is 0.396 e. The molecule has 1 atom stereocenters. The summed E-state index contributed by atoms with van der Waals surface area (Å²) in [6.45, 7) is 3.56. The first-order valence-electron chi connectivity index (χ1n) is 9.41. The minimum atomic E-state index is 0.0640. The van der Waals surface area contributed by atoms with E-state index < -0.39 is 0 Å². The number of guanidine groups is 1. The molecule has 2 rings (SSSR count). The summed E-state index contributed by atoms with van der Waals surface area (Å²) >= 11 is 0. The zero-order chi connectivity index (χ0) is 16.4. The van der Waals surface area contributed by atoms with Gasteiger partial charge in [-0.3, -0.25) is 4.99 Å². The zero-order valence-electron chi connectivity index (χ0n) is 14.8. The van der Waals surface area contributed by atoms with E-state index in [9.17, 15) is 5.11 Å². The molecule has 0 aromatic rings. The number of aliphatic hydroxyl groups is 1. The maximum atomic E-state index is 9.28. The molecule has 5 nitrogen and oxygen atoms in total. The Balaban J connectivity index is 1.62. The lowest BCUT2D eigenvalue weighted by molar-refractivity contribution is 0.127. The van der Waals surface area contributed by atoms with Crippen LogP contribution in [0.25, 0.3) is 0 Å². The molecule has 0 spiro atoms. The van der Waals surface area contributed by atoms with Crippen molar-refractivity contribution in [3.05, 3.63) is 0 Å². The van der Waals surface area contributed by atoms with E-state index in [4.69, 9.17) is 4.74 Å². The summed E-state index contributed by atoms with van der Waals surface area (Å²) < 4.78 is 5.53. The average Bonchev–Trinajstić information content (AvgIpc) is 3.04. The Morgan fingerprint density at radius 1 is 1.26 bits per heavy atom. The van der Waals surface area contributed by atoms with E-state index in [-0.39, 0.29) is 12.0 Å². The first-order valence-corrected chi connectivity index (χ1v) is 9.41. The van der Waals surface area contributed by atoms with Crippen LogP contribution in [0.1, 0.15) is 57.8 Å². The summed E-state index contributed by atoms with van der Waals surface area (Å²) in [5.74, 6) is 1.82. The van der Waals surface area contributed by atoms with Crippen LogP contribution in [0.3, 0.4) is 0 Å². The molecule has 2 aliphatic rings. The summed E-state index contributed by atoms with van der Waals surface area (Å²) in [5.41, 5.74) is 0.0640. The van der Waals surface area contributed by atoms with Crippen LogP contribution in [0.15, 0.2) is 4.99 Å². The van der Waals surface area contributed by atoms with Gasteiger partial charge in [-0.2, -0.15) is 0 Å². The molecule has 0 amide bonds. The first kappa shape index (κ1) is 18.5. The number of hydrogen-bond donors (Lipinski definition) is 3. The van der Waals surface area contributed by atoms with Gasteiger partial charge in [0.05, 0.1) is 6.61 Å². The van der Waals surface area contributed by atoms with Gasteiger partial charge in [-0.15, -0.1) is 0 Å². The summed E-state index contributed by atoms with van der Waals surface area (Å²) in [6, 6.07) is 0. The third-order valence-electron chi connectivity index (χ3n) is 5.49. The molecule has 1 saturated carbocycles. The molecular weight excluding hydrogens is 290 g/mol. The van der Waals surface area contributed by atoms with Gasteiger partial charge in [0.2, 0.25) is 0 Å². The van der Waals surface area contributed by atoms with Crippen molar-refractivity contribution in [3.63, 3.8) is 0 Å². The second-order valence-electron chi connectivity index (χ2n) is 7.28. The molecule has 0 radical (unpaired) electrons. The number of rotatable bonds is 8. The van der Waals surface area contributed by atoms with Crippen molar-refractivity contribution >= 4 is 5.96 Å². The molecule has 0 aromatic carbocycles. The van der Waals surface area contributed by atoms with Crippen molar-refractivity contribution < 1.29 is 9.84 Å². The van der Waals surface area contributed by atoms with Crippen molar-refractivity contribution in [1.82, 2.24) is 10.6 Å². The van der Waals surface area contributed by atoms with E-state index in [2.05, 4.69) is 15.6 Å². The van der Waals surface area contributed by atoms with Gasteiger partial charge in [-0.25, -0.2) is 0 Å². The fourth-order valence-electron chi connectivity index (χ4n) is 3.88. The van der Waals surface area contributed by atoms with Gasteiger partial charge < -0.3 is 20.5 Å². The highest BCUT2D eigenvalue weighted by Gasteiger charge is 2.34. The maximum Gasteiger partial charge on any atom is 0.190 e. The Bertz CT molecular complexity index is 348. The van der Waals surface area contributed by atoms with E-state index in [1.54, 1.807) is 0 Å². The monoisotopic (exact) mass is 325 g/mol. The third-order valence-corrected chi connectivity index (χ3v) is 5.49. The van der Waals surface area contributed by atoms with Crippen molar-refractivity contribution in [2.75, 3.05) is 40.0 Å². The topological polar surface area (TPSA) is 65.9 Å². The number of ether oxygens (including phenoxy) is 1. The summed E-state index contributed by atoms with van der Waals surface area (Å²) in [4.78, 5) is 4.32. The van der Waals surface area contributed by atoms with Crippen LogP contribution in [0, 0.1) is 11.3 Å². The summed E-state index contributed by atoms with van der Waals surface area (Å²) in [5, 5.41) is 16.1. The molecule has 23 heavy (non-hydrogen) atoms. The van der Waals surface area contributed by atoms with Crippen molar-refractivity contribution in [1.29, 1.82) is 0 Å². The molecule has 1 aliphatic carbocycles. The Hall–Kier alpha value is -0.810. The highest BCUT2D eigenvalue weighted by molar-refractivity contribution is 5.79. The van der Waals surface area contributed by atoms with Crippen LogP contribution in [-0.2, 0) is 4.74 Å². The molecule has 134 valence electrons. The van der Waals surface area contributed by atoms with Gasteiger partial charge in [-0.1, -0.05) is 32.1 Å². The zero-order valence-corrected chi connectivity index (χ0v) is 14.8. The Morgan fingerprint density at radius 3 is 2.74 bits per heavy atom. The molecule has 2 fully saturated rings. The second kappa shape index (κ2) is 10.1. The smallest absolute Gasteiger partial charge is 0.190 e. The van der Waals surface area contributed by atoms with Crippen LogP contribution in [-0.4, -0.2) is 51.0 Å². The van der Waals surface area contributed by atoms with E-state index in [0.717, 1.165) is 51.0 Å². The molecule has 3 N–H and O–H groups in total. The summed E-state index contributed by atoms with van der Waals surface area (Å²) in [6.07, 6.45) is 11.5. The molecule has 1 aliphatic heterocycles. The first-order chi connectivity index (χ1) is 11.3. The lowest BCUT2D eigenvalue weighted by atomic mass is 9.84. The molecule has 1 unspecified atom stereocenters. The number of nitrogens with zero attached hydrogens (tertiary/aromatic N) is 1. The quantitative estimate of drug-likeness (QED) is 0.364. The number of aliphatic hydroxyl groups excluding tert-OH is 1. The standard InChI is InChI=1S/C18H35N3O2/c1-19-17(20-11-5-8-16-6-3-2-4-7-16)21-14-18(9-12-22)10-13-23-15-18/h16,22H,2-15H2,1H3,(H2,19,20,21). The second-order valence-corrected chi connectivity index (χ2v) is 7.28. The Kier molecular flexibility index (Phi) is 8.17. The van der Waals surface area contributed by atoms with Crippen LogP contribution < -0.4 is 10.6 Å². The van der Waals surface area contributed by atoms with Crippen molar-refractivity contribution in [2.24, 2.45) is 16.3 Å². The fourth-order valence-corrected chi connectivity index (χ4v) is 3.88. The Morgan fingerprint density at radius 2 is 2.09 bits per heavy atom. The van der Waals surface area contributed by atoms with Crippen molar-refractivity contribution in [3.8, 4) is 0 Å². The highest BCUT2D eigenvalue weighted by Crippen LogP contribution is 2.31. The SMILES string of the molecule is CN=C(NCCCC1CCCCC1)NCC1(CCO)CCOC1. The van der Waals surface area contributed by atoms with E-state index in [1.165, 1.54) is 44.9 Å². The van der Waals surface area contributed by atoms with Gasteiger partial charge in [-0.05, 0) is 31.6 Å². The van der Waals surface area contributed by atoms with Gasteiger partial charge in [0, 0.05) is 38.8 Å². The molecule has 0 aromatic heterocycles. The molecule has 1 heterocycles. The van der Waals surface area contributed by atoms with Crippen LogP contribution in [0.4, 0.5) is 0 Å². The highest BCUT2D eigenvalue weighted by atomic mass is 16.5. The third kappa shape index (κ3) is 6.30. The predicted octanol–water partition coefficient (Wildman–Crippen LogP) is 2.30. The fraction of sp³-hybridized carbons (Fsp3) is 0.944. The number of nitrogens with one attached hydrogen (secondary N) is 2. The normalized spacial score (nSPS) is 26.4. The minimum absolute atomic E-state index is 0.0640. The van der Waals surface area contributed by atoms with Gasteiger partial charge in [0.1, 0.15) is 0 Å². The lowest BCUT2D eigenvalue weighted by Crippen LogP contribution is -2.44. The molecule has 5 heteroatoms. The van der Waals surface area contributed by atoms with Crippen LogP contribution in [0.5, 0.6) is 0 Å². The maximum absolute atomic E-state index is 9.28. The van der Waals surface area contributed by atoms with Gasteiger partial charge in [0.15, 0.2) is 5.96 Å². The molecule has 0 bridgehead atoms.